The molecule has 5 nitrogen and oxygen atoms in total. The number of hydrogen-bond acceptors (Lipinski definition) is 4. The highest BCUT2D eigenvalue weighted by molar-refractivity contribution is 6.02. The molecule has 0 saturated carbocycles. The summed E-state index contributed by atoms with van der Waals surface area (Å²) in [4.78, 5) is 13.7. The molecule has 0 unspecified atom stereocenters. The first kappa shape index (κ1) is 12.4. The number of carbonyl (C=O) groups excluding carboxylic acids is 1. The lowest BCUT2D eigenvalue weighted by Crippen LogP contribution is -2.41. The molecule has 1 heterocycles. The first-order valence-electron chi connectivity index (χ1n) is 5.99. The van der Waals surface area contributed by atoms with Gasteiger partial charge in [-0.1, -0.05) is 0 Å². The van der Waals surface area contributed by atoms with E-state index in [4.69, 9.17) is 5.26 Å². The maximum absolute atomic E-state index is 11.9. The van der Waals surface area contributed by atoms with E-state index in [-0.39, 0.29) is 5.91 Å². The van der Waals surface area contributed by atoms with Crippen molar-refractivity contribution in [1.29, 1.82) is 5.26 Å². The van der Waals surface area contributed by atoms with Crippen molar-refractivity contribution in [2.75, 3.05) is 36.9 Å². The van der Waals surface area contributed by atoms with Crippen LogP contribution in [0.25, 0.3) is 0 Å². The molecule has 1 aliphatic heterocycles. The van der Waals surface area contributed by atoms with Gasteiger partial charge in [0.25, 0.3) is 0 Å². The maximum Gasteiger partial charge on any atom is 0.246 e. The molecule has 0 saturated heterocycles. The number of carbonyl (C=O) groups is 1. The summed E-state index contributed by atoms with van der Waals surface area (Å²) >= 11 is 0. The Hall–Kier alpha value is -2.06. The fraction of sp³-hybridized carbons (Fsp3) is 0.385. The monoisotopic (exact) mass is 244 g/mol. The number of hydrogen-bond donors (Lipinski definition) is 2. The zero-order valence-corrected chi connectivity index (χ0v) is 10.4. The van der Waals surface area contributed by atoms with Crippen molar-refractivity contribution in [3.05, 3.63) is 23.8 Å². The van der Waals surface area contributed by atoms with Gasteiger partial charge in [-0.05, 0) is 38.2 Å². The van der Waals surface area contributed by atoms with E-state index in [1.54, 1.807) is 17.0 Å². The van der Waals surface area contributed by atoms with Crippen LogP contribution in [0.15, 0.2) is 18.2 Å². The third-order valence-corrected chi connectivity index (χ3v) is 2.96. The van der Waals surface area contributed by atoms with E-state index in [9.17, 15) is 4.79 Å². The molecule has 0 aliphatic carbocycles. The van der Waals surface area contributed by atoms with Crippen LogP contribution in [0.4, 0.5) is 11.4 Å². The second-order valence-corrected chi connectivity index (χ2v) is 4.20. The Bertz CT molecular complexity index is 492. The minimum Gasteiger partial charge on any atom is -0.374 e. The van der Waals surface area contributed by atoms with E-state index >= 15 is 0 Å². The zero-order valence-electron chi connectivity index (χ0n) is 10.4. The summed E-state index contributed by atoms with van der Waals surface area (Å²) < 4.78 is 0. The van der Waals surface area contributed by atoms with Crippen molar-refractivity contribution in [1.82, 2.24) is 5.32 Å². The van der Waals surface area contributed by atoms with E-state index < -0.39 is 0 Å². The highest BCUT2D eigenvalue weighted by Crippen LogP contribution is 2.30. The van der Waals surface area contributed by atoms with E-state index in [0.717, 1.165) is 24.3 Å². The van der Waals surface area contributed by atoms with Gasteiger partial charge in [-0.15, -0.1) is 0 Å². The van der Waals surface area contributed by atoms with Gasteiger partial charge in [0.05, 0.1) is 29.6 Å². The number of rotatable bonds is 4. The Labute approximate surface area is 106 Å². The van der Waals surface area contributed by atoms with Gasteiger partial charge >= 0.3 is 0 Å². The van der Waals surface area contributed by atoms with Gasteiger partial charge in [-0.2, -0.15) is 5.26 Å². The Balaban J connectivity index is 2.25. The zero-order chi connectivity index (χ0) is 13.0. The van der Waals surface area contributed by atoms with Crippen LogP contribution in [-0.4, -0.2) is 32.6 Å². The molecule has 2 N–H and O–H groups in total. The summed E-state index contributed by atoms with van der Waals surface area (Å²) in [5, 5.41) is 15.1. The molecule has 2 rings (SSSR count). The van der Waals surface area contributed by atoms with Crippen LogP contribution in [0.3, 0.4) is 0 Å². The minimum absolute atomic E-state index is 0.0497. The van der Waals surface area contributed by atoms with Crippen LogP contribution in [0, 0.1) is 11.3 Å². The van der Waals surface area contributed by atoms with Gasteiger partial charge in [0.2, 0.25) is 5.91 Å². The van der Waals surface area contributed by atoms with Crippen molar-refractivity contribution in [3.8, 4) is 6.07 Å². The molecular weight excluding hydrogens is 228 g/mol. The lowest BCUT2D eigenvalue weighted by atomic mass is 10.1. The number of anilines is 2. The Kier molecular flexibility index (Phi) is 3.80. The van der Waals surface area contributed by atoms with E-state index in [2.05, 4.69) is 16.7 Å². The van der Waals surface area contributed by atoms with Crippen LogP contribution < -0.4 is 15.5 Å². The molecule has 0 aromatic heterocycles. The van der Waals surface area contributed by atoms with Crippen LogP contribution in [0.2, 0.25) is 0 Å². The normalized spacial score (nSPS) is 13.8. The standard InChI is InChI=1S/C13H16N4O/c1-15-5-2-6-17-12-7-10(8-14)3-4-11(12)16-9-13(17)18/h3-4,7,15-16H,2,5-6,9H2,1H3. The topological polar surface area (TPSA) is 68.2 Å². The van der Waals surface area contributed by atoms with Crippen molar-refractivity contribution in [2.24, 2.45) is 0 Å². The number of nitrogens with one attached hydrogen (secondary N) is 2. The molecule has 94 valence electrons. The van der Waals surface area contributed by atoms with Crippen molar-refractivity contribution in [2.45, 2.75) is 6.42 Å². The summed E-state index contributed by atoms with van der Waals surface area (Å²) in [6, 6.07) is 7.47. The molecule has 0 fully saturated rings. The SMILES string of the molecule is CNCCCN1C(=O)CNc2ccc(C#N)cc21. The summed E-state index contributed by atoms with van der Waals surface area (Å²) in [7, 11) is 1.89. The summed E-state index contributed by atoms with van der Waals surface area (Å²) in [5.41, 5.74) is 2.29. The van der Waals surface area contributed by atoms with E-state index in [1.807, 2.05) is 13.1 Å². The number of benzene rings is 1. The number of fused-ring (bicyclic) bond motifs is 1. The second kappa shape index (κ2) is 5.52. The van der Waals surface area contributed by atoms with Crippen LogP contribution in [0.5, 0.6) is 0 Å². The highest BCUT2D eigenvalue weighted by atomic mass is 16.2. The van der Waals surface area contributed by atoms with Crippen LogP contribution >= 0.6 is 0 Å². The van der Waals surface area contributed by atoms with Crippen molar-refractivity contribution >= 4 is 17.3 Å². The predicted octanol–water partition coefficient (Wildman–Crippen LogP) is 0.926. The second-order valence-electron chi connectivity index (χ2n) is 4.20. The Morgan fingerprint density at radius 3 is 3.11 bits per heavy atom. The van der Waals surface area contributed by atoms with Gasteiger partial charge in [-0.3, -0.25) is 4.79 Å². The third-order valence-electron chi connectivity index (χ3n) is 2.96. The quantitative estimate of drug-likeness (QED) is 0.773. The molecule has 0 radical (unpaired) electrons. The molecule has 1 aliphatic rings. The number of nitriles is 1. The maximum atomic E-state index is 11.9. The molecular formula is C13H16N4O. The molecule has 0 bridgehead atoms. The van der Waals surface area contributed by atoms with E-state index in [1.165, 1.54) is 0 Å². The van der Waals surface area contributed by atoms with Gasteiger partial charge in [-0.25, -0.2) is 0 Å². The highest BCUT2D eigenvalue weighted by Gasteiger charge is 2.23. The predicted molar refractivity (Wildman–Crippen MR) is 70.5 cm³/mol. The van der Waals surface area contributed by atoms with Crippen molar-refractivity contribution in [3.63, 3.8) is 0 Å². The summed E-state index contributed by atoms with van der Waals surface area (Å²) in [5.74, 6) is 0.0497. The van der Waals surface area contributed by atoms with Gasteiger partial charge in [0.15, 0.2) is 0 Å². The van der Waals surface area contributed by atoms with Crippen LogP contribution in [0.1, 0.15) is 12.0 Å². The molecule has 18 heavy (non-hydrogen) atoms. The first-order valence-corrected chi connectivity index (χ1v) is 5.99. The van der Waals surface area contributed by atoms with Gasteiger partial charge in [0, 0.05) is 6.54 Å². The molecule has 1 aromatic rings. The molecule has 0 spiro atoms. The smallest absolute Gasteiger partial charge is 0.246 e. The van der Waals surface area contributed by atoms with E-state index in [0.29, 0.717) is 18.7 Å². The summed E-state index contributed by atoms with van der Waals surface area (Å²) in [6.07, 6.45) is 0.887. The average Bonchev–Trinajstić information content (AvgIpc) is 2.41. The fourth-order valence-corrected chi connectivity index (χ4v) is 2.03. The average molecular weight is 244 g/mol. The number of nitrogens with zero attached hydrogens (tertiary/aromatic N) is 2. The molecule has 1 amide bonds. The van der Waals surface area contributed by atoms with Gasteiger partial charge in [0.1, 0.15) is 0 Å². The summed E-state index contributed by atoms with van der Waals surface area (Å²) in [6.45, 7) is 1.85. The number of amides is 1. The first-order chi connectivity index (χ1) is 8.76. The Morgan fingerprint density at radius 2 is 2.39 bits per heavy atom. The fourth-order valence-electron chi connectivity index (χ4n) is 2.03. The lowest BCUT2D eigenvalue weighted by molar-refractivity contribution is -0.117. The largest absolute Gasteiger partial charge is 0.374 e. The van der Waals surface area contributed by atoms with Crippen LogP contribution in [-0.2, 0) is 4.79 Å². The third kappa shape index (κ3) is 2.44. The molecule has 1 aromatic carbocycles. The van der Waals surface area contributed by atoms with Crippen molar-refractivity contribution < 1.29 is 4.79 Å². The van der Waals surface area contributed by atoms with Gasteiger partial charge < -0.3 is 15.5 Å². The Morgan fingerprint density at radius 1 is 1.56 bits per heavy atom. The molecule has 5 heteroatoms. The minimum atomic E-state index is 0.0497. The molecule has 0 atom stereocenters. The lowest BCUT2D eigenvalue weighted by Gasteiger charge is -2.30.